The Kier molecular flexibility index (Phi) is 3.91. The van der Waals surface area contributed by atoms with Crippen LogP contribution in [-0.2, 0) is 6.42 Å². The Morgan fingerprint density at radius 2 is 2.00 bits per heavy atom. The van der Waals surface area contributed by atoms with Crippen molar-refractivity contribution in [2.24, 2.45) is 0 Å². The Morgan fingerprint density at radius 1 is 1.28 bits per heavy atom. The molecule has 1 nitrogen and oxygen atoms in total. The van der Waals surface area contributed by atoms with Gasteiger partial charge < -0.3 is 5.32 Å². The first-order valence-electron chi connectivity index (χ1n) is 7.14. The summed E-state index contributed by atoms with van der Waals surface area (Å²) in [5.41, 5.74) is 4.94. The van der Waals surface area contributed by atoms with Crippen LogP contribution in [0.4, 0.5) is 5.69 Å². The lowest BCUT2D eigenvalue weighted by atomic mass is 9.78. The van der Waals surface area contributed by atoms with Crippen LogP contribution in [0.2, 0.25) is 0 Å². The van der Waals surface area contributed by atoms with Crippen LogP contribution >= 0.6 is 12.4 Å². The van der Waals surface area contributed by atoms with Crippen LogP contribution in [0.15, 0.2) is 18.2 Å². The predicted molar refractivity (Wildman–Crippen MR) is 80.9 cm³/mol. The predicted octanol–water partition coefficient (Wildman–Crippen LogP) is 4.90. The maximum atomic E-state index is 3.92. The van der Waals surface area contributed by atoms with Crippen molar-refractivity contribution in [3.05, 3.63) is 29.3 Å². The van der Waals surface area contributed by atoms with E-state index in [2.05, 4.69) is 37.4 Å². The molecule has 1 N–H and O–H groups in total. The van der Waals surface area contributed by atoms with Crippen molar-refractivity contribution in [3.8, 4) is 0 Å². The Balaban J connectivity index is 0.00000120. The number of benzene rings is 1. The van der Waals surface area contributed by atoms with Crippen molar-refractivity contribution in [1.82, 2.24) is 0 Å². The molecule has 0 saturated heterocycles. The number of halogens is 1. The van der Waals surface area contributed by atoms with Crippen LogP contribution < -0.4 is 5.32 Å². The minimum absolute atomic E-state index is 0. The van der Waals surface area contributed by atoms with Crippen molar-refractivity contribution in [1.29, 1.82) is 0 Å². The monoisotopic (exact) mass is 265 g/mol. The molecule has 0 radical (unpaired) electrons. The van der Waals surface area contributed by atoms with E-state index in [1.807, 2.05) is 0 Å². The summed E-state index contributed by atoms with van der Waals surface area (Å²) in [5.74, 6) is 0.718. The molecule has 2 heteroatoms. The van der Waals surface area contributed by atoms with Gasteiger partial charge in [-0.1, -0.05) is 44.9 Å². The van der Waals surface area contributed by atoms with Crippen molar-refractivity contribution in [3.63, 3.8) is 0 Å². The Hall–Kier alpha value is -0.690. The van der Waals surface area contributed by atoms with Crippen LogP contribution in [0, 0.1) is 0 Å². The zero-order chi connectivity index (χ0) is 11.9. The fourth-order valence-corrected chi connectivity index (χ4v) is 3.87. The molecular weight excluding hydrogens is 242 g/mol. The number of hydrogen-bond donors (Lipinski definition) is 1. The van der Waals surface area contributed by atoms with Gasteiger partial charge in [-0.3, -0.25) is 0 Å². The average molecular weight is 266 g/mol. The molecule has 1 aliphatic carbocycles. The van der Waals surface area contributed by atoms with Gasteiger partial charge >= 0.3 is 0 Å². The summed E-state index contributed by atoms with van der Waals surface area (Å²) < 4.78 is 0. The van der Waals surface area contributed by atoms with E-state index < -0.39 is 0 Å². The molecule has 1 unspecified atom stereocenters. The lowest BCUT2D eigenvalue weighted by Crippen LogP contribution is -2.40. The first-order valence-corrected chi connectivity index (χ1v) is 7.14. The lowest BCUT2D eigenvalue weighted by Gasteiger charge is -2.41. The molecule has 0 amide bonds. The highest BCUT2D eigenvalue weighted by Crippen LogP contribution is 2.47. The molecule has 0 aromatic heterocycles. The molecule has 1 aromatic rings. The van der Waals surface area contributed by atoms with Crippen molar-refractivity contribution < 1.29 is 0 Å². The van der Waals surface area contributed by atoms with E-state index in [0.717, 1.165) is 12.3 Å². The van der Waals surface area contributed by atoms with E-state index in [9.17, 15) is 0 Å². The van der Waals surface area contributed by atoms with Crippen LogP contribution in [-0.4, -0.2) is 5.54 Å². The molecule has 1 fully saturated rings. The van der Waals surface area contributed by atoms with E-state index >= 15 is 0 Å². The molecule has 18 heavy (non-hydrogen) atoms. The van der Waals surface area contributed by atoms with Gasteiger partial charge in [-0.05, 0) is 42.7 Å². The lowest BCUT2D eigenvalue weighted by molar-refractivity contribution is 0.395. The van der Waals surface area contributed by atoms with Crippen molar-refractivity contribution >= 4 is 18.1 Å². The van der Waals surface area contributed by atoms with Gasteiger partial charge in [0, 0.05) is 11.2 Å². The second-order valence-electron chi connectivity index (χ2n) is 5.95. The fraction of sp³-hybridized carbons (Fsp3) is 0.625. The first-order chi connectivity index (χ1) is 8.24. The molecule has 1 saturated carbocycles. The van der Waals surface area contributed by atoms with Crippen molar-refractivity contribution in [2.45, 2.75) is 63.8 Å². The second kappa shape index (κ2) is 5.13. The Bertz CT molecular complexity index is 421. The van der Waals surface area contributed by atoms with Gasteiger partial charge in [-0.15, -0.1) is 12.4 Å². The summed E-state index contributed by atoms with van der Waals surface area (Å²) in [6.07, 6.45) is 8.02. The summed E-state index contributed by atoms with van der Waals surface area (Å²) in [6, 6.07) is 6.82. The maximum Gasteiger partial charge on any atom is 0.0412 e. The van der Waals surface area contributed by atoms with E-state index in [4.69, 9.17) is 0 Å². The van der Waals surface area contributed by atoms with Gasteiger partial charge in [0.25, 0.3) is 0 Å². The van der Waals surface area contributed by atoms with E-state index in [1.165, 1.54) is 43.4 Å². The number of rotatable bonds is 1. The van der Waals surface area contributed by atoms with E-state index in [0.29, 0.717) is 5.54 Å². The van der Waals surface area contributed by atoms with Crippen LogP contribution in [0.25, 0.3) is 0 Å². The Morgan fingerprint density at radius 3 is 2.67 bits per heavy atom. The van der Waals surface area contributed by atoms with Crippen LogP contribution in [0.1, 0.15) is 63.0 Å². The number of aryl methyl sites for hydroxylation is 1. The van der Waals surface area contributed by atoms with Crippen LogP contribution in [0.5, 0.6) is 0 Å². The number of nitrogens with one attached hydrogen (secondary N) is 1. The van der Waals surface area contributed by atoms with Crippen molar-refractivity contribution in [2.75, 3.05) is 5.32 Å². The minimum atomic E-state index is 0. The van der Waals surface area contributed by atoms with Gasteiger partial charge in [0.05, 0.1) is 0 Å². The molecular formula is C16H24ClN. The summed E-state index contributed by atoms with van der Waals surface area (Å²) in [4.78, 5) is 0. The zero-order valence-corrected chi connectivity index (χ0v) is 12.3. The Labute approximate surface area is 117 Å². The molecule has 0 bridgehead atoms. The SMILES string of the molecule is CCc1cccc2c1NC1(CCCC1)CC2C.Cl. The number of hydrogen-bond acceptors (Lipinski definition) is 1. The molecule has 3 rings (SSSR count). The maximum absolute atomic E-state index is 3.92. The highest BCUT2D eigenvalue weighted by Gasteiger charge is 2.39. The third kappa shape index (κ3) is 2.14. The third-order valence-electron chi connectivity index (χ3n) is 4.74. The van der Waals surface area contributed by atoms with E-state index in [1.54, 1.807) is 5.56 Å². The summed E-state index contributed by atoms with van der Waals surface area (Å²) in [5, 5.41) is 3.92. The fourth-order valence-electron chi connectivity index (χ4n) is 3.87. The molecule has 1 heterocycles. The molecule has 1 atom stereocenters. The highest BCUT2D eigenvalue weighted by molar-refractivity contribution is 5.85. The van der Waals surface area contributed by atoms with Crippen LogP contribution in [0.3, 0.4) is 0 Å². The van der Waals surface area contributed by atoms with Gasteiger partial charge in [0.1, 0.15) is 0 Å². The quantitative estimate of drug-likeness (QED) is 0.761. The van der Waals surface area contributed by atoms with Gasteiger partial charge in [-0.2, -0.15) is 0 Å². The summed E-state index contributed by atoms with van der Waals surface area (Å²) in [6.45, 7) is 4.66. The van der Waals surface area contributed by atoms with E-state index in [-0.39, 0.29) is 12.4 Å². The molecule has 100 valence electrons. The second-order valence-corrected chi connectivity index (χ2v) is 5.95. The number of fused-ring (bicyclic) bond motifs is 1. The number of anilines is 1. The minimum Gasteiger partial charge on any atom is -0.379 e. The zero-order valence-electron chi connectivity index (χ0n) is 11.5. The standard InChI is InChI=1S/C16H23N.ClH/c1-3-13-7-6-8-14-12(2)11-16(17-15(13)14)9-4-5-10-16;/h6-8,12,17H,3-5,9-11H2,1-2H3;1H. The van der Waals surface area contributed by atoms with Gasteiger partial charge in [0.2, 0.25) is 0 Å². The molecule has 1 aliphatic heterocycles. The van der Waals surface area contributed by atoms with Gasteiger partial charge in [0.15, 0.2) is 0 Å². The summed E-state index contributed by atoms with van der Waals surface area (Å²) in [7, 11) is 0. The van der Waals surface area contributed by atoms with Gasteiger partial charge in [-0.25, -0.2) is 0 Å². The smallest absolute Gasteiger partial charge is 0.0412 e. The number of para-hydroxylation sites is 1. The third-order valence-corrected chi connectivity index (χ3v) is 4.74. The molecule has 1 spiro atoms. The molecule has 2 aliphatic rings. The topological polar surface area (TPSA) is 12.0 Å². The summed E-state index contributed by atoms with van der Waals surface area (Å²) >= 11 is 0. The average Bonchev–Trinajstić information content (AvgIpc) is 2.76. The molecule has 1 aromatic carbocycles. The first kappa shape index (κ1) is 13.7. The normalized spacial score (nSPS) is 24.2. The largest absolute Gasteiger partial charge is 0.379 e. The highest BCUT2D eigenvalue weighted by atomic mass is 35.5.